The molecule has 0 amide bonds. The molecule has 1 unspecified atom stereocenters. The Balaban J connectivity index is 2.38. The van der Waals surface area contributed by atoms with Crippen molar-refractivity contribution in [2.75, 3.05) is 0 Å². The van der Waals surface area contributed by atoms with E-state index in [2.05, 4.69) is 15.9 Å². The van der Waals surface area contributed by atoms with Gasteiger partial charge in [-0.25, -0.2) is 0 Å². The van der Waals surface area contributed by atoms with Crippen molar-refractivity contribution >= 4 is 21.7 Å². The van der Waals surface area contributed by atoms with Gasteiger partial charge in [0, 0.05) is 17.3 Å². The number of aliphatic hydroxyl groups is 1. The molecule has 2 rings (SSSR count). The summed E-state index contributed by atoms with van der Waals surface area (Å²) >= 11 is 3.15. The van der Waals surface area contributed by atoms with Crippen LogP contribution in [0.2, 0.25) is 0 Å². The Morgan fingerprint density at radius 2 is 1.76 bits per heavy atom. The lowest BCUT2D eigenvalue weighted by molar-refractivity contribution is -0.266. The molecule has 6 heteroatoms. The minimum atomic E-state index is -4.82. The third-order valence-corrected chi connectivity index (χ3v) is 4.09. The summed E-state index contributed by atoms with van der Waals surface area (Å²) in [4.78, 5) is 11.3. The van der Waals surface area contributed by atoms with E-state index in [-0.39, 0.29) is 11.3 Å². The number of rotatable bonds is 3. The molecule has 0 saturated carbocycles. The number of carbonyl (C=O) groups excluding carboxylic acids is 1. The van der Waals surface area contributed by atoms with Gasteiger partial charge < -0.3 is 5.11 Å². The van der Waals surface area contributed by atoms with Crippen LogP contribution in [-0.2, 0) is 10.4 Å². The highest BCUT2D eigenvalue weighted by Gasteiger charge is 2.55. The number of hydrogen-bond acceptors (Lipinski definition) is 2. The van der Waals surface area contributed by atoms with Gasteiger partial charge in [0.15, 0.2) is 11.4 Å². The molecule has 0 heterocycles. The maximum Gasteiger partial charge on any atom is 0.421 e. The minimum Gasteiger partial charge on any atom is -0.376 e. The van der Waals surface area contributed by atoms with Gasteiger partial charge in [-0.1, -0.05) is 33.6 Å². The van der Waals surface area contributed by atoms with Crippen LogP contribution in [0, 0.1) is 0 Å². The molecule has 0 spiro atoms. The molecule has 2 nitrogen and oxygen atoms in total. The lowest BCUT2D eigenvalue weighted by atomic mass is 9.83. The van der Waals surface area contributed by atoms with Crippen LogP contribution in [0.25, 0.3) is 0 Å². The number of halogens is 4. The first kappa shape index (κ1) is 16.2. The molecule has 0 fully saturated rings. The summed E-state index contributed by atoms with van der Waals surface area (Å²) in [5.74, 6) is -0.184. The molecule has 0 saturated heterocycles. The van der Waals surface area contributed by atoms with Gasteiger partial charge in [-0.05, 0) is 36.6 Å². The molecule has 0 aliphatic heterocycles. The third kappa shape index (κ3) is 3.55. The van der Waals surface area contributed by atoms with Gasteiger partial charge in [-0.3, -0.25) is 4.79 Å². The normalized spacial score (nSPS) is 19.1. The fourth-order valence-electron chi connectivity index (χ4n) is 2.42. The number of ketones is 1. The SMILES string of the molecule is O=C1C=C(CC(O)(c2ccc(Br)cc2)C(F)(F)F)CCC1. The predicted octanol–water partition coefficient (Wildman–Crippen LogP) is 4.27. The molecule has 1 aliphatic carbocycles. The Labute approximate surface area is 128 Å². The van der Waals surface area contributed by atoms with E-state index >= 15 is 0 Å². The first-order chi connectivity index (χ1) is 9.72. The molecule has 1 N–H and O–H groups in total. The summed E-state index contributed by atoms with van der Waals surface area (Å²) in [5.41, 5.74) is -2.86. The van der Waals surface area contributed by atoms with E-state index in [1.807, 2.05) is 0 Å². The molecule has 21 heavy (non-hydrogen) atoms. The summed E-state index contributed by atoms with van der Waals surface area (Å²) in [6, 6.07) is 5.38. The van der Waals surface area contributed by atoms with Gasteiger partial charge in [0.05, 0.1) is 0 Å². The summed E-state index contributed by atoms with van der Waals surface area (Å²) in [5, 5.41) is 10.3. The van der Waals surface area contributed by atoms with Gasteiger partial charge >= 0.3 is 6.18 Å². The van der Waals surface area contributed by atoms with Crippen molar-refractivity contribution in [3.63, 3.8) is 0 Å². The summed E-state index contributed by atoms with van der Waals surface area (Å²) < 4.78 is 40.7. The second-order valence-corrected chi connectivity index (χ2v) is 6.08. The van der Waals surface area contributed by atoms with Crippen molar-refractivity contribution < 1.29 is 23.1 Å². The standard InChI is InChI=1S/C15H14BrF3O2/c16-12-6-4-11(5-7-12)14(21,15(17,18)19)9-10-2-1-3-13(20)8-10/h4-8,21H,1-3,9H2. The molecule has 1 aromatic rings. The highest BCUT2D eigenvalue weighted by atomic mass is 79.9. The average Bonchev–Trinajstić information content (AvgIpc) is 2.38. The molecule has 1 aromatic carbocycles. The van der Waals surface area contributed by atoms with Crippen LogP contribution in [-0.4, -0.2) is 17.1 Å². The predicted molar refractivity (Wildman–Crippen MR) is 75.7 cm³/mol. The number of benzene rings is 1. The monoisotopic (exact) mass is 362 g/mol. The zero-order valence-electron chi connectivity index (χ0n) is 11.1. The van der Waals surface area contributed by atoms with Crippen LogP contribution in [0.15, 0.2) is 40.4 Å². The van der Waals surface area contributed by atoms with E-state index in [0.717, 1.165) is 0 Å². The minimum absolute atomic E-state index is 0.184. The maximum atomic E-state index is 13.4. The Morgan fingerprint density at radius 3 is 2.29 bits per heavy atom. The van der Waals surface area contributed by atoms with Crippen LogP contribution in [0.4, 0.5) is 13.2 Å². The number of carbonyl (C=O) groups is 1. The molecule has 1 aliphatic rings. The topological polar surface area (TPSA) is 37.3 Å². The summed E-state index contributed by atoms with van der Waals surface area (Å²) in [6.07, 6.45) is -2.91. The largest absolute Gasteiger partial charge is 0.421 e. The van der Waals surface area contributed by atoms with Crippen molar-refractivity contribution in [2.24, 2.45) is 0 Å². The maximum absolute atomic E-state index is 13.4. The van der Waals surface area contributed by atoms with Crippen LogP contribution >= 0.6 is 15.9 Å². The Kier molecular flexibility index (Phi) is 4.58. The first-order valence-corrected chi connectivity index (χ1v) is 7.29. The summed E-state index contributed by atoms with van der Waals surface area (Å²) in [7, 11) is 0. The van der Waals surface area contributed by atoms with Crippen LogP contribution in [0.3, 0.4) is 0 Å². The van der Waals surface area contributed by atoms with Crippen molar-refractivity contribution in [2.45, 2.75) is 37.5 Å². The molecule has 0 aromatic heterocycles. The molecule has 114 valence electrons. The van der Waals surface area contributed by atoms with Crippen LogP contribution in [0.5, 0.6) is 0 Å². The van der Waals surface area contributed by atoms with Gasteiger partial charge in [-0.15, -0.1) is 0 Å². The highest BCUT2D eigenvalue weighted by molar-refractivity contribution is 9.10. The lowest BCUT2D eigenvalue weighted by Gasteiger charge is -2.32. The second-order valence-electron chi connectivity index (χ2n) is 5.16. The zero-order chi connectivity index (χ0) is 15.7. The average molecular weight is 363 g/mol. The number of hydrogen-bond donors (Lipinski definition) is 1. The fraction of sp³-hybridized carbons (Fsp3) is 0.400. The Morgan fingerprint density at radius 1 is 1.14 bits per heavy atom. The van der Waals surface area contributed by atoms with E-state index < -0.39 is 18.2 Å². The van der Waals surface area contributed by atoms with Gasteiger partial charge in [0.1, 0.15) is 0 Å². The molecule has 1 atom stereocenters. The van der Waals surface area contributed by atoms with Crippen molar-refractivity contribution in [3.05, 3.63) is 46.0 Å². The van der Waals surface area contributed by atoms with Gasteiger partial charge in [0.2, 0.25) is 0 Å². The van der Waals surface area contributed by atoms with E-state index in [1.54, 1.807) is 0 Å². The smallest absolute Gasteiger partial charge is 0.376 e. The Hall–Kier alpha value is -1.14. The van der Waals surface area contributed by atoms with Crippen LogP contribution in [0.1, 0.15) is 31.2 Å². The van der Waals surface area contributed by atoms with E-state index in [1.165, 1.54) is 30.3 Å². The van der Waals surface area contributed by atoms with Crippen molar-refractivity contribution in [3.8, 4) is 0 Å². The lowest BCUT2D eigenvalue weighted by Crippen LogP contribution is -2.42. The second kappa shape index (κ2) is 5.93. The zero-order valence-corrected chi connectivity index (χ0v) is 12.7. The Bertz CT molecular complexity index is 563. The van der Waals surface area contributed by atoms with E-state index in [4.69, 9.17) is 0 Å². The van der Waals surface area contributed by atoms with Crippen molar-refractivity contribution in [1.29, 1.82) is 0 Å². The summed E-state index contributed by atoms with van der Waals surface area (Å²) in [6.45, 7) is 0. The molecule has 0 radical (unpaired) electrons. The number of allylic oxidation sites excluding steroid dienone is 1. The van der Waals surface area contributed by atoms with Gasteiger partial charge in [-0.2, -0.15) is 13.2 Å². The van der Waals surface area contributed by atoms with Crippen molar-refractivity contribution in [1.82, 2.24) is 0 Å². The first-order valence-electron chi connectivity index (χ1n) is 6.50. The van der Waals surface area contributed by atoms with Crippen LogP contribution < -0.4 is 0 Å². The van der Waals surface area contributed by atoms with E-state index in [9.17, 15) is 23.1 Å². The highest BCUT2D eigenvalue weighted by Crippen LogP contribution is 2.44. The fourth-order valence-corrected chi connectivity index (χ4v) is 2.69. The molecular weight excluding hydrogens is 349 g/mol. The van der Waals surface area contributed by atoms with E-state index in [0.29, 0.717) is 29.3 Å². The number of alkyl halides is 3. The van der Waals surface area contributed by atoms with Gasteiger partial charge in [0.25, 0.3) is 0 Å². The quantitative estimate of drug-likeness (QED) is 0.871. The molecule has 0 bridgehead atoms. The third-order valence-electron chi connectivity index (χ3n) is 3.56. The molecular formula is C15H14BrF3O2.